The fourth-order valence-corrected chi connectivity index (χ4v) is 14.6. The van der Waals surface area contributed by atoms with Gasteiger partial charge in [-0.3, -0.25) is 19.4 Å². The molecule has 0 bridgehead atoms. The van der Waals surface area contributed by atoms with Gasteiger partial charge < -0.3 is 20.4 Å². The van der Waals surface area contributed by atoms with E-state index in [1.165, 1.54) is 344 Å². The van der Waals surface area contributed by atoms with Crippen LogP contribution in [0.25, 0.3) is 0 Å². The lowest BCUT2D eigenvalue weighted by atomic mass is 10.0. The fourth-order valence-electron chi connectivity index (χ4n) is 13.2. The normalized spacial score (nSPS) is 13.4. The lowest BCUT2D eigenvalue weighted by molar-refractivity contribution is -0.109. The van der Waals surface area contributed by atoms with Crippen LogP contribution in [0.2, 0.25) is 0 Å². The molecule has 4 atom stereocenters. The Hall–Kier alpha value is -0.460. The van der Waals surface area contributed by atoms with Crippen molar-refractivity contribution in [2.45, 2.75) is 437 Å². The van der Waals surface area contributed by atoms with Crippen molar-refractivity contribution in [3.05, 3.63) is 12.2 Å². The zero-order valence-corrected chi connectivity index (χ0v) is 62.5. The highest BCUT2D eigenvalue weighted by molar-refractivity contribution is 8.14. The maximum absolute atomic E-state index is 13.1. The average Bonchev–Trinajstić information content (AvgIpc) is 3.69. The van der Waals surface area contributed by atoms with Crippen LogP contribution in [0.3, 0.4) is 0 Å². The summed E-state index contributed by atoms with van der Waals surface area (Å²) in [6.45, 7) is 12.3. The van der Waals surface area contributed by atoms with E-state index in [2.05, 4.69) is 37.5 Å². The standard InChI is InChI=1S/C80H158N2O6S2/c1-5-9-13-17-21-25-29-33-37-41-45-49-53-57-61-75(83)71-81(72-76(84)62-58-54-50-46-42-38-34-30-26-22-18-14-10-6-2)67-69-89-79(87)65-66-80(88)90-70-68-82(73-77(85)63-59-55-51-47-43-39-35-31-27-23-19-15-11-7-3)74-78(86)64-60-56-52-48-44-40-36-32-28-24-20-16-12-8-4/h65-66,75-78,83-86H,5-64,67-74H2,1-4H3/b66-65-. The van der Waals surface area contributed by atoms with Crippen molar-refractivity contribution in [3.63, 3.8) is 0 Å². The van der Waals surface area contributed by atoms with E-state index in [-0.39, 0.29) is 10.2 Å². The third-order valence-electron chi connectivity index (χ3n) is 19.1. The summed E-state index contributed by atoms with van der Waals surface area (Å²) in [7, 11) is 0. The first-order valence-corrected chi connectivity index (χ1v) is 42.3. The Morgan fingerprint density at radius 1 is 0.256 bits per heavy atom. The lowest BCUT2D eigenvalue weighted by Crippen LogP contribution is -2.39. The van der Waals surface area contributed by atoms with Crippen LogP contribution in [-0.4, -0.2) is 116 Å². The molecule has 90 heavy (non-hydrogen) atoms. The summed E-state index contributed by atoms with van der Waals surface area (Å²) in [6, 6.07) is 0. The first kappa shape index (κ1) is 89.5. The molecule has 0 heterocycles. The second-order valence-corrected chi connectivity index (χ2v) is 30.5. The van der Waals surface area contributed by atoms with E-state index in [1.54, 1.807) is 0 Å². The zero-order valence-electron chi connectivity index (χ0n) is 60.9. The molecule has 10 heteroatoms. The van der Waals surface area contributed by atoms with Gasteiger partial charge in [0.1, 0.15) is 0 Å². The molecule has 0 aliphatic rings. The second kappa shape index (κ2) is 74.3. The molecule has 536 valence electrons. The predicted molar refractivity (Wildman–Crippen MR) is 401 cm³/mol. The van der Waals surface area contributed by atoms with Crippen molar-refractivity contribution in [1.82, 2.24) is 9.80 Å². The summed E-state index contributed by atoms with van der Waals surface area (Å²) in [6.07, 6.45) is 77.4. The Morgan fingerprint density at radius 2 is 0.400 bits per heavy atom. The van der Waals surface area contributed by atoms with E-state index in [0.717, 1.165) is 77.0 Å². The highest BCUT2D eigenvalue weighted by atomic mass is 32.2. The molecule has 8 nitrogen and oxygen atoms in total. The van der Waals surface area contributed by atoms with Crippen LogP contribution in [0.15, 0.2) is 12.2 Å². The van der Waals surface area contributed by atoms with Gasteiger partial charge in [-0.2, -0.15) is 0 Å². The van der Waals surface area contributed by atoms with Gasteiger partial charge in [0.25, 0.3) is 0 Å². The van der Waals surface area contributed by atoms with Crippen LogP contribution < -0.4 is 0 Å². The molecule has 0 rings (SSSR count). The van der Waals surface area contributed by atoms with Crippen LogP contribution in [0.5, 0.6) is 0 Å². The first-order chi connectivity index (χ1) is 44.1. The van der Waals surface area contributed by atoms with Gasteiger partial charge in [0.15, 0.2) is 0 Å². The molecular weight excluding hydrogens is 1150 g/mol. The maximum Gasteiger partial charge on any atom is 0.212 e. The molecule has 0 saturated heterocycles. The van der Waals surface area contributed by atoms with Crippen molar-refractivity contribution in [2.24, 2.45) is 0 Å². The van der Waals surface area contributed by atoms with Crippen molar-refractivity contribution in [3.8, 4) is 0 Å². The van der Waals surface area contributed by atoms with Crippen LogP contribution in [0.1, 0.15) is 413 Å². The summed E-state index contributed by atoms with van der Waals surface area (Å²) in [4.78, 5) is 30.6. The molecule has 0 fully saturated rings. The molecule has 0 radical (unpaired) electrons. The topological polar surface area (TPSA) is 122 Å². The molecule has 0 aromatic rings. The van der Waals surface area contributed by atoms with Crippen LogP contribution in [0, 0.1) is 0 Å². The third kappa shape index (κ3) is 70.3. The van der Waals surface area contributed by atoms with Gasteiger partial charge in [0.05, 0.1) is 24.4 Å². The van der Waals surface area contributed by atoms with Gasteiger partial charge in [-0.25, -0.2) is 0 Å². The third-order valence-corrected chi connectivity index (χ3v) is 20.7. The number of nitrogens with zero attached hydrogens (tertiary/aromatic N) is 2. The van der Waals surface area contributed by atoms with Crippen molar-refractivity contribution >= 4 is 33.8 Å². The van der Waals surface area contributed by atoms with Crippen LogP contribution >= 0.6 is 23.5 Å². The molecular formula is C80H158N2O6S2. The minimum Gasteiger partial charge on any atom is -0.392 e. The number of carbonyl (C=O) groups is 2. The number of thioether (sulfide) groups is 2. The molecule has 4 N–H and O–H groups in total. The molecule has 4 unspecified atom stereocenters. The highest BCUT2D eigenvalue weighted by Gasteiger charge is 2.19. The predicted octanol–water partition coefficient (Wildman–Crippen LogP) is 23.6. The number of carbonyl (C=O) groups excluding carboxylic acids is 2. The molecule has 0 aliphatic heterocycles. The Balaban J connectivity index is 5.11. The minimum absolute atomic E-state index is 0.158. The summed E-state index contributed by atoms with van der Waals surface area (Å²) in [5.74, 6) is 1.06. The van der Waals surface area contributed by atoms with E-state index < -0.39 is 24.4 Å². The molecule has 0 aromatic heterocycles. The number of aliphatic hydroxyl groups is 4. The van der Waals surface area contributed by atoms with Gasteiger partial charge in [-0.15, -0.1) is 0 Å². The molecule has 0 aliphatic carbocycles. The van der Waals surface area contributed by atoms with E-state index in [0.29, 0.717) is 50.8 Å². The summed E-state index contributed by atoms with van der Waals surface area (Å²) >= 11 is 2.40. The van der Waals surface area contributed by atoms with E-state index in [1.807, 2.05) is 0 Å². The van der Waals surface area contributed by atoms with Crippen molar-refractivity contribution < 1.29 is 30.0 Å². The van der Waals surface area contributed by atoms with E-state index in [9.17, 15) is 30.0 Å². The number of aliphatic hydroxyl groups excluding tert-OH is 4. The Bertz CT molecular complexity index is 1270. The van der Waals surface area contributed by atoms with Gasteiger partial charge in [-0.1, -0.05) is 411 Å². The first-order valence-electron chi connectivity index (χ1n) is 40.3. The lowest BCUT2D eigenvalue weighted by Gasteiger charge is -2.27. The smallest absolute Gasteiger partial charge is 0.212 e. The van der Waals surface area contributed by atoms with Gasteiger partial charge in [0.2, 0.25) is 10.2 Å². The van der Waals surface area contributed by atoms with Crippen LogP contribution in [0.4, 0.5) is 0 Å². The molecule has 0 saturated carbocycles. The SMILES string of the molecule is CCCCCCCCCCCCCCCCC(O)CN(CCSC(=O)/C=C\C(=O)SCCN(CC(O)CCCCCCCCCCCCCCCC)CC(O)CCCCCCCCCCCCCCCC)CC(O)CCCCCCCCCCCCCCCC. The maximum atomic E-state index is 13.1. The fraction of sp³-hybridized carbons (Fsp3) is 0.950. The Labute approximate surface area is 570 Å². The van der Waals surface area contributed by atoms with Gasteiger partial charge in [-0.05, 0) is 37.8 Å². The molecule has 0 spiro atoms. The summed E-state index contributed by atoms with van der Waals surface area (Å²) in [5.41, 5.74) is 0. The number of unbranched alkanes of at least 4 members (excludes halogenated alkanes) is 52. The minimum atomic E-state index is -0.462. The van der Waals surface area contributed by atoms with Crippen molar-refractivity contribution in [2.75, 3.05) is 50.8 Å². The summed E-state index contributed by atoms with van der Waals surface area (Å²) < 4.78 is 0. The zero-order chi connectivity index (χ0) is 65.5. The van der Waals surface area contributed by atoms with E-state index >= 15 is 0 Å². The molecule has 0 aromatic carbocycles. The number of hydrogen-bond acceptors (Lipinski definition) is 10. The monoisotopic (exact) mass is 1310 g/mol. The largest absolute Gasteiger partial charge is 0.392 e. The quantitative estimate of drug-likeness (QED) is 0.0346. The van der Waals surface area contributed by atoms with Crippen LogP contribution in [-0.2, 0) is 9.59 Å². The number of hydrogen-bond donors (Lipinski definition) is 4. The molecule has 0 amide bonds. The summed E-state index contributed by atoms with van der Waals surface area (Å²) in [5, 5.41) is 44.6. The highest BCUT2D eigenvalue weighted by Crippen LogP contribution is 2.21. The van der Waals surface area contributed by atoms with Gasteiger partial charge >= 0.3 is 0 Å². The van der Waals surface area contributed by atoms with E-state index in [4.69, 9.17) is 0 Å². The Morgan fingerprint density at radius 3 is 0.556 bits per heavy atom. The number of rotatable bonds is 76. The van der Waals surface area contributed by atoms with Crippen molar-refractivity contribution in [1.29, 1.82) is 0 Å². The second-order valence-electron chi connectivity index (χ2n) is 28.3. The van der Waals surface area contributed by atoms with Gasteiger partial charge in [0, 0.05) is 50.8 Å². The Kier molecular flexibility index (Phi) is 74.0. The average molecular weight is 1310 g/mol.